The van der Waals surface area contributed by atoms with Crippen LogP contribution in [-0.4, -0.2) is 31.3 Å². The maximum atomic E-state index is 12.1. The number of para-hydroxylation sites is 2. The molecule has 1 amide bonds. The topological polar surface area (TPSA) is 49.8 Å². The second-order valence-corrected chi connectivity index (χ2v) is 4.71. The van der Waals surface area contributed by atoms with Gasteiger partial charge in [0.25, 0.3) is 0 Å². The first-order valence-corrected chi connectivity index (χ1v) is 7.28. The fourth-order valence-electron chi connectivity index (χ4n) is 2.16. The number of carbonyl (C=O) groups excluding carboxylic acids is 1. The third-order valence-electron chi connectivity index (χ3n) is 3.27. The normalized spacial score (nSPS) is 10.3. The molecule has 0 bridgehead atoms. The van der Waals surface area contributed by atoms with E-state index in [-0.39, 0.29) is 12.5 Å². The van der Waals surface area contributed by atoms with Gasteiger partial charge >= 0.3 is 0 Å². The molecule has 1 N–H and O–H groups in total. The van der Waals surface area contributed by atoms with Gasteiger partial charge in [-0.05, 0) is 25.0 Å². The highest BCUT2D eigenvalue weighted by Gasteiger charge is 2.16. The number of aliphatic hydroxyl groups is 1. The fraction of sp³-hybridized carbons (Fsp3) is 0.562. The molecule has 0 saturated heterocycles. The quantitative estimate of drug-likeness (QED) is 0.707. The number of hydrogen-bond acceptors (Lipinski definition) is 3. The highest BCUT2D eigenvalue weighted by molar-refractivity contribution is 5.94. The summed E-state index contributed by atoms with van der Waals surface area (Å²) in [6.45, 7) is 2.80. The van der Waals surface area contributed by atoms with Crippen molar-refractivity contribution in [3.8, 4) is 5.75 Å². The number of anilines is 1. The zero-order valence-electron chi connectivity index (χ0n) is 12.5. The van der Waals surface area contributed by atoms with Crippen LogP contribution in [0.15, 0.2) is 24.3 Å². The first kappa shape index (κ1) is 16.5. The Bertz CT molecular complexity index is 406. The molecule has 4 nitrogen and oxygen atoms in total. The molecule has 1 rings (SSSR count). The van der Waals surface area contributed by atoms with Crippen molar-refractivity contribution >= 4 is 11.6 Å². The standard InChI is InChI=1S/C16H25NO3/c1-3-16(19)17(12-8-4-5-9-13-18)14-10-6-7-11-15(14)20-2/h6-7,10-11,18H,3-5,8-9,12-13H2,1-2H3. The molecule has 0 aliphatic rings. The Balaban J connectivity index is 2.71. The lowest BCUT2D eigenvalue weighted by Gasteiger charge is -2.24. The average molecular weight is 279 g/mol. The number of ether oxygens (including phenoxy) is 1. The van der Waals surface area contributed by atoms with E-state index in [9.17, 15) is 4.79 Å². The molecule has 0 fully saturated rings. The Morgan fingerprint density at radius 2 is 1.90 bits per heavy atom. The van der Waals surface area contributed by atoms with E-state index >= 15 is 0 Å². The summed E-state index contributed by atoms with van der Waals surface area (Å²) in [5, 5.41) is 8.77. The highest BCUT2D eigenvalue weighted by Crippen LogP contribution is 2.28. The molecule has 0 atom stereocenters. The molecule has 112 valence electrons. The predicted octanol–water partition coefficient (Wildman–Crippen LogP) is 2.99. The minimum Gasteiger partial charge on any atom is -0.495 e. The Kier molecular flexibility index (Phi) is 7.73. The van der Waals surface area contributed by atoms with Crippen LogP contribution in [0.5, 0.6) is 5.75 Å². The molecule has 0 aromatic heterocycles. The molecule has 0 heterocycles. The lowest BCUT2D eigenvalue weighted by atomic mass is 10.1. The van der Waals surface area contributed by atoms with Gasteiger partial charge in [0.2, 0.25) is 5.91 Å². The first-order chi connectivity index (χ1) is 9.74. The minimum atomic E-state index is 0.108. The van der Waals surface area contributed by atoms with E-state index in [0.717, 1.165) is 37.1 Å². The number of nitrogens with zero attached hydrogens (tertiary/aromatic N) is 1. The maximum absolute atomic E-state index is 12.1. The van der Waals surface area contributed by atoms with Crippen molar-refractivity contribution in [2.24, 2.45) is 0 Å². The Hall–Kier alpha value is -1.55. The van der Waals surface area contributed by atoms with Gasteiger partial charge in [-0.3, -0.25) is 4.79 Å². The van der Waals surface area contributed by atoms with Crippen LogP contribution in [-0.2, 0) is 4.79 Å². The van der Waals surface area contributed by atoms with Crippen LogP contribution in [0.25, 0.3) is 0 Å². The van der Waals surface area contributed by atoms with E-state index < -0.39 is 0 Å². The van der Waals surface area contributed by atoms with Gasteiger partial charge in [0.15, 0.2) is 0 Å². The number of amides is 1. The summed E-state index contributed by atoms with van der Waals surface area (Å²) in [6.07, 6.45) is 4.26. The summed E-state index contributed by atoms with van der Waals surface area (Å²) in [5.74, 6) is 0.835. The van der Waals surface area contributed by atoms with Crippen LogP contribution in [0.4, 0.5) is 5.69 Å². The van der Waals surface area contributed by atoms with Gasteiger partial charge in [-0.2, -0.15) is 0 Å². The van der Waals surface area contributed by atoms with Crippen molar-refractivity contribution < 1.29 is 14.6 Å². The molecule has 0 aliphatic carbocycles. The lowest BCUT2D eigenvalue weighted by Crippen LogP contribution is -2.31. The van der Waals surface area contributed by atoms with Crippen LogP contribution < -0.4 is 9.64 Å². The zero-order valence-corrected chi connectivity index (χ0v) is 12.5. The number of unbranched alkanes of at least 4 members (excludes halogenated alkanes) is 3. The van der Waals surface area contributed by atoms with Gasteiger partial charge < -0.3 is 14.7 Å². The Morgan fingerprint density at radius 1 is 1.20 bits per heavy atom. The van der Waals surface area contributed by atoms with Crippen molar-refractivity contribution in [2.75, 3.05) is 25.2 Å². The van der Waals surface area contributed by atoms with Gasteiger partial charge in [-0.1, -0.05) is 31.9 Å². The first-order valence-electron chi connectivity index (χ1n) is 7.28. The predicted molar refractivity (Wildman–Crippen MR) is 81.2 cm³/mol. The number of hydrogen-bond donors (Lipinski definition) is 1. The van der Waals surface area contributed by atoms with Crippen molar-refractivity contribution in [1.29, 1.82) is 0 Å². The van der Waals surface area contributed by atoms with Crippen molar-refractivity contribution in [2.45, 2.75) is 39.0 Å². The summed E-state index contributed by atoms with van der Waals surface area (Å²) in [5.41, 5.74) is 0.837. The Labute approximate surface area is 121 Å². The van der Waals surface area contributed by atoms with Gasteiger partial charge in [-0.15, -0.1) is 0 Å². The van der Waals surface area contributed by atoms with E-state index in [1.807, 2.05) is 31.2 Å². The summed E-state index contributed by atoms with van der Waals surface area (Å²) in [4.78, 5) is 13.9. The second-order valence-electron chi connectivity index (χ2n) is 4.71. The van der Waals surface area contributed by atoms with E-state index in [2.05, 4.69) is 0 Å². The monoisotopic (exact) mass is 279 g/mol. The molecule has 4 heteroatoms. The minimum absolute atomic E-state index is 0.108. The van der Waals surface area contributed by atoms with E-state index in [0.29, 0.717) is 13.0 Å². The smallest absolute Gasteiger partial charge is 0.226 e. The molecular weight excluding hydrogens is 254 g/mol. The molecule has 1 aromatic carbocycles. The molecule has 0 aliphatic heterocycles. The zero-order chi connectivity index (χ0) is 14.8. The van der Waals surface area contributed by atoms with Gasteiger partial charge in [0, 0.05) is 19.6 Å². The SMILES string of the molecule is CCC(=O)N(CCCCCCO)c1ccccc1OC. The van der Waals surface area contributed by atoms with Crippen molar-refractivity contribution in [1.82, 2.24) is 0 Å². The van der Waals surface area contributed by atoms with E-state index in [1.165, 1.54) is 0 Å². The number of carbonyl (C=O) groups is 1. The lowest BCUT2D eigenvalue weighted by molar-refractivity contribution is -0.118. The molecular formula is C16H25NO3. The number of rotatable bonds is 9. The highest BCUT2D eigenvalue weighted by atomic mass is 16.5. The van der Waals surface area contributed by atoms with Crippen LogP contribution in [0.1, 0.15) is 39.0 Å². The largest absolute Gasteiger partial charge is 0.495 e. The molecule has 20 heavy (non-hydrogen) atoms. The van der Waals surface area contributed by atoms with Crippen molar-refractivity contribution in [3.63, 3.8) is 0 Å². The summed E-state index contributed by atoms with van der Waals surface area (Å²) >= 11 is 0. The van der Waals surface area contributed by atoms with Crippen LogP contribution >= 0.6 is 0 Å². The number of aliphatic hydroxyl groups excluding tert-OH is 1. The van der Waals surface area contributed by atoms with E-state index in [1.54, 1.807) is 12.0 Å². The molecule has 0 saturated carbocycles. The van der Waals surface area contributed by atoms with Gasteiger partial charge in [-0.25, -0.2) is 0 Å². The maximum Gasteiger partial charge on any atom is 0.226 e. The summed E-state index contributed by atoms with van der Waals surface area (Å²) in [6, 6.07) is 7.61. The third kappa shape index (κ3) is 4.85. The van der Waals surface area contributed by atoms with Crippen molar-refractivity contribution in [3.05, 3.63) is 24.3 Å². The average Bonchev–Trinajstić information content (AvgIpc) is 2.50. The second kappa shape index (κ2) is 9.37. The fourth-order valence-corrected chi connectivity index (χ4v) is 2.16. The number of benzene rings is 1. The van der Waals surface area contributed by atoms with Crippen LogP contribution in [0.3, 0.4) is 0 Å². The molecule has 1 aromatic rings. The molecule has 0 radical (unpaired) electrons. The summed E-state index contributed by atoms with van der Waals surface area (Å²) < 4.78 is 5.34. The number of methoxy groups -OCH3 is 1. The van der Waals surface area contributed by atoms with Gasteiger partial charge in [0.05, 0.1) is 12.8 Å². The summed E-state index contributed by atoms with van der Waals surface area (Å²) in [7, 11) is 1.62. The third-order valence-corrected chi connectivity index (χ3v) is 3.27. The van der Waals surface area contributed by atoms with Crippen LogP contribution in [0, 0.1) is 0 Å². The molecule has 0 unspecified atom stereocenters. The Morgan fingerprint density at radius 3 is 2.55 bits per heavy atom. The van der Waals surface area contributed by atoms with Crippen LogP contribution in [0.2, 0.25) is 0 Å². The van der Waals surface area contributed by atoms with E-state index in [4.69, 9.17) is 9.84 Å². The molecule has 0 spiro atoms. The van der Waals surface area contributed by atoms with Gasteiger partial charge in [0.1, 0.15) is 5.75 Å².